The normalized spacial score (nSPS) is 23.0. The number of carbonyl (C=O) groups is 1. The molecule has 1 aromatic carbocycles. The molecular formula is C14H18N2O4S. The summed E-state index contributed by atoms with van der Waals surface area (Å²) in [7, 11) is -1.86. The highest BCUT2D eigenvalue weighted by Gasteiger charge is 2.32. The van der Waals surface area contributed by atoms with Crippen LogP contribution in [-0.2, 0) is 14.8 Å². The molecule has 114 valence electrons. The number of anilines is 1. The fourth-order valence-corrected chi connectivity index (χ4v) is 4.27. The van der Waals surface area contributed by atoms with Gasteiger partial charge in [0.1, 0.15) is 5.75 Å². The number of nitrogens with zero attached hydrogens (tertiary/aromatic N) is 2. The molecule has 2 heterocycles. The molecular weight excluding hydrogens is 292 g/mol. The van der Waals surface area contributed by atoms with E-state index < -0.39 is 16.1 Å². The fraction of sp³-hybridized carbons (Fsp3) is 0.500. The number of amides is 1. The Labute approximate surface area is 124 Å². The van der Waals surface area contributed by atoms with Crippen molar-refractivity contribution in [3.8, 4) is 5.75 Å². The van der Waals surface area contributed by atoms with Gasteiger partial charge in [0, 0.05) is 20.1 Å². The van der Waals surface area contributed by atoms with Crippen LogP contribution in [0.15, 0.2) is 23.1 Å². The van der Waals surface area contributed by atoms with Crippen molar-refractivity contribution in [2.24, 2.45) is 0 Å². The van der Waals surface area contributed by atoms with Crippen LogP contribution < -0.4 is 9.64 Å². The first-order valence-electron chi connectivity index (χ1n) is 6.99. The summed E-state index contributed by atoms with van der Waals surface area (Å²) >= 11 is 0. The molecule has 0 N–H and O–H groups in total. The molecule has 0 radical (unpaired) electrons. The van der Waals surface area contributed by atoms with Crippen LogP contribution in [0.1, 0.15) is 19.8 Å². The first-order chi connectivity index (χ1) is 9.91. The summed E-state index contributed by atoms with van der Waals surface area (Å²) in [6.07, 6.45) is 1.23. The van der Waals surface area contributed by atoms with Crippen LogP contribution in [0.4, 0.5) is 5.69 Å². The van der Waals surface area contributed by atoms with Crippen LogP contribution >= 0.6 is 0 Å². The Morgan fingerprint density at radius 1 is 1.24 bits per heavy atom. The highest BCUT2D eigenvalue weighted by atomic mass is 32.2. The van der Waals surface area contributed by atoms with Gasteiger partial charge in [-0.15, -0.1) is 0 Å². The van der Waals surface area contributed by atoms with Crippen molar-refractivity contribution in [2.75, 3.05) is 25.0 Å². The number of hydrogen-bond donors (Lipinski definition) is 0. The van der Waals surface area contributed by atoms with Crippen molar-refractivity contribution in [1.29, 1.82) is 0 Å². The van der Waals surface area contributed by atoms with E-state index in [0.717, 1.165) is 12.8 Å². The molecule has 6 nitrogen and oxygen atoms in total. The first kappa shape index (κ1) is 14.3. The van der Waals surface area contributed by atoms with E-state index in [2.05, 4.69) is 0 Å². The van der Waals surface area contributed by atoms with Gasteiger partial charge < -0.3 is 9.64 Å². The fourth-order valence-electron chi connectivity index (χ4n) is 2.73. The topological polar surface area (TPSA) is 66.9 Å². The van der Waals surface area contributed by atoms with E-state index in [4.69, 9.17) is 4.74 Å². The van der Waals surface area contributed by atoms with E-state index in [1.807, 2.05) is 0 Å². The molecule has 1 saturated heterocycles. The molecule has 7 heteroatoms. The predicted octanol–water partition coefficient (Wildman–Crippen LogP) is 1.21. The molecule has 1 amide bonds. The maximum Gasteiger partial charge on any atom is 0.267 e. The molecule has 0 bridgehead atoms. The number of fused-ring (bicyclic) bond motifs is 1. The van der Waals surface area contributed by atoms with Crippen LogP contribution in [0, 0.1) is 0 Å². The van der Waals surface area contributed by atoms with E-state index >= 15 is 0 Å². The number of rotatable bonds is 2. The zero-order valence-corrected chi connectivity index (χ0v) is 12.9. The van der Waals surface area contributed by atoms with Gasteiger partial charge in [-0.1, -0.05) is 0 Å². The Morgan fingerprint density at radius 2 is 1.90 bits per heavy atom. The quantitative estimate of drug-likeness (QED) is 0.823. The van der Waals surface area contributed by atoms with Gasteiger partial charge in [-0.05, 0) is 38.0 Å². The number of sulfonamides is 1. The molecule has 2 aliphatic heterocycles. The van der Waals surface area contributed by atoms with Crippen molar-refractivity contribution < 1.29 is 17.9 Å². The third-order valence-electron chi connectivity index (χ3n) is 3.98. The van der Waals surface area contributed by atoms with Gasteiger partial charge in [-0.2, -0.15) is 4.31 Å². The number of ether oxygens (including phenoxy) is 1. The number of benzene rings is 1. The average molecular weight is 310 g/mol. The molecule has 3 rings (SSSR count). The predicted molar refractivity (Wildman–Crippen MR) is 77.9 cm³/mol. The maximum atomic E-state index is 12.6. The Hall–Kier alpha value is -1.60. The summed E-state index contributed by atoms with van der Waals surface area (Å²) in [6, 6.07) is 4.69. The van der Waals surface area contributed by atoms with Gasteiger partial charge in [0.2, 0.25) is 10.0 Å². The van der Waals surface area contributed by atoms with Gasteiger partial charge in [0.25, 0.3) is 5.91 Å². The van der Waals surface area contributed by atoms with E-state index in [1.165, 1.54) is 15.3 Å². The third kappa shape index (κ3) is 2.30. The Bertz CT molecular complexity index is 680. The van der Waals surface area contributed by atoms with Gasteiger partial charge in [0.05, 0.1) is 10.6 Å². The van der Waals surface area contributed by atoms with Gasteiger partial charge >= 0.3 is 0 Å². The van der Waals surface area contributed by atoms with E-state index in [9.17, 15) is 13.2 Å². The lowest BCUT2D eigenvalue weighted by molar-refractivity contribution is -0.125. The highest BCUT2D eigenvalue weighted by Crippen LogP contribution is 2.36. The molecule has 2 aliphatic rings. The average Bonchev–Trinajstić information content (AvgIpc) is 2.99. The summed E-state index contributed by atoms with van der Waals surface area (Å²) in [5.41, 5.74) is 0.498. The van der Waals surface area contributed by atoms with Gasteiger partial charge in [0.15, 0.2) is 6.10 Å². The molecule has 1 unspecified atom stereocenters. The number of hydrogen-bond acceptors (Lipinski definition) is 4. The molecule has 0 saturated carbocycles. The van der Waals surface area contributed by atoms with Crippen molar-refractivity contribution in [3.63, 3.8) is 0 Å². The zero-order valence-electron chi connectivity index (χ0n) is 12.1. The lowest BCUT2D eigenvalue weighted by Gasteiger charge is -2.30. The standard InChI is InChI=1S/C14H18N2O4S/c1-10-14(17)15(2)12-9-11(5-6-13(12)20-10)21(18,19)16-7-3-4-8-16/h5-6,9-10H,3-4,7-8H2,1-2H3. The Balaban J connectivity index is 2.02. The van der Waals surface area contributed by atoms with Crippen molar-refractivity contribution in [2.45, 2.75) is 30.8 Å². The molecule has 1 atom stereocenters. The molecule has 0 aliphatic carbocycles. The minimum atomic E-state index is -3.49. The van der Waals surface area contributed by atoms with Crippen LogP contribution in [0.2, 0.25) is 0 Å². The minimum Gasteiger partial charge on any atom is -0.479 e. The number of carbonyl (C=O) groups excluding carboxylic acids is 1. The number of likely N-dealkylation sites (N-methyl/N-ethyl adjacent to an activating group) is 1. The Morgan fingerprint density at radius 3 is 2.57 bits per heavy atom. The van der Waals surface area contributed by atoms with Crippen LogP contribution in [-0.4, -0.2) is 44.9 Å². The first-order valence-corrected chi connectivity index (χ1v) is 8.43. The van der Waals surface area contributed by atoms with Crippen LogP contribution in [0.3, 0.4) is 0 Å². The summed E-state index contributed by atoms with van der Waals surface area (Å²) in [4.78, 5) is 13.6. The molecule has 1 aromatic rings. The van der Waals surface area contributed by atoms with Crippen molar-refractivity contribution in [3.05, 3.63) is 18.2 Å². The monoisotopic (exact) mass is 310 g/mol. The van der Waals surface area contributed by atoms with E-state index in [1.54, 1.807) is 26.1 Å². The van der Waals surface area contributed by atoms with E-state index in [0.29, 0.717) is 24.5 Å². The summed E-state index contributed by atoms with van der Waals surface area (Å²) < 4.78 is 32.1. The molecule has 21 heavy (non-hydrogen) atoms. The highest BCUT2D eigenvalue weighted by molar-refractivity contribution is 7.89. The Kier molecular flexibility index (Phi) is 3.41. The second-order valence-corrected chi connectivity index (χ2v) is 7.34. The summed E-state index contributed by atoms with van der Waals surface area (Å²) in [5, 5.41) is 0. The van der Waals surface area contributed by atoms with Gasteiger partial charge in [-0.25, -0.2) is 8.42 Å². The van der Waals surface area contributed by atoms with Gasteiger partial charge in [-0.3, -0.25) is 4.79 Å². The molecule has 0 aromatic heterocycles. The zero-order chi connectivity index (χ0) is 15.2. The second-order valence-electron chi connectivity index (χ2n) is 5.40. The lowest BCUT2D eigenvalue weighted by atomic mass is 10.2. The molecule has 0 spiro atoms. The van der Waals surface area contributed by atoms with E-state index in [-0.39, 0.29) is 10.8 Å². The summed E-state index contributed by atoms with van der Waals surface area (Å²) in [6.45, 7) is 2.79. The molecule has 1 fully saturated rings. The lowest BCUT2D eigenvalue weighted by Crippen LogP contribution is -2.42. The summed E-state index contributed by atoms with van der Waals surface area (Å²) in [5.74, 6) is 0.350. The maximum absolute atomic E-state index is 12.6. The largest absolute Gasteiger partial charge is 0.479 e. The smallest absolute Gasteiger partial charge is 0.267 e. The van der Waals surface area contributed by atoms with Crippen molar-refractivity contribution in [1.82, 2.24) is 4.31 Å². The SMILES string of the molecule is CC1Oc2ccc(S(=O)(=O)N3CCCC3)cc2N(C)C1=O. The van der Waals surface area contributed by atoms with Crippen molar-refractivity contribution >= 4 is 21.6 Å². The second kappa shape index (κ2) is 4.99. The third-order valence-corrected chi connectivity index (χ3v) is 5.87. The minimum absolute atomic E-state index is 0.182. The van der Waals surface area contributed by atoms with Crippen LogP contribution in [0.5, 0.6) is 5.75 Å². The van der Waals surface area contributed by atoms with Crippen LogP contribution in [0.25, 0.3) is 0 Å².